The fourth-order valence-electron chi connectivity index (χ4n) is 3.06. The normalized spacial score (nSPS) is 22.2. The highest BCUT2D eigenvalue weighted by Gasteiger charge is 2.62. The number of methoxy groups -OCH3 is 1. The molecule has 0 radical (unpaired) electrons. The van der Waals surface area contributed by atoms with Gasteiger partial charge in [-0.1, -0.05) is 28.1 Å². The van der Waals surface area contributed by atoms with Crippen molar-refractivity contribution in [3.8, 4) is 0 Å². The number of nitrogens with zero attached hydrogens (tertiary/aromatic N) is 1. The Balaban J connectivity index is 2.46. The fraction of sp³-hybridized carbons (Fsp3) is 0.556. The molecule has 1 heterocycles. The predicted octanol–water partition coefficient (Wildman–Crippen LogP) is 4.18. The van der Waals surface area contributed by atoms with Crippen LogP contribution in [0, 0.1) is 0 Å². The molecule has 26 heavy (non-hydrogen) atoms. The number of likely N-dealkylation sites (tertiary alicyclic amines) is 1. The maximum Gasteiger partial charge on any atom is 0.411 e. The SMILES string of the molecule is COC(=O)C1(Cc2ccc(Br)cc2)CC(F)(F)CN1C(=O)OC(C)(C)C. The number of hydrogen-bond acceptors (Lipinski definition) is 4. The van der Waals surface area contributed by atoms with Gasteiger partial charge in [-0.05, 0) is 38.5 Å². The Kier molecular flexibility index (Phi) is 5.66. The van der Waals surface area contributed by atoms with Crippen LogP contribution in [0.3, 0.4) is 0 Å². The molecule has 0 bridgehead atoms. The highest BCUT2D eigenvalue weighted by molar-refractivity contribution is 9.10. The van der Waals surface area contributed by atoms with Gasteiger partial charge in [-0.2, -0.15) is 0 Å². The van der Waals surface area contributed by atoms with Crippen molar-refractivity contribution >= 4 is 28.0 Å². The van der Waals surface area contributed by atoms with E-state index in [9.17, 15) is 18.4 Å². The topological polar surface area (TPSA) is 55.8 Å². The lowest BCUT2D eigenvalue weighted by molar-refractivity contribution is -0.153. The van der Waals surface area contributed by atoms with Gasteiger partial charge in [-0.25, -0.2) is 18.4 Å². The summed E-state index contributed by atoms with van der Waals surface area (Å²) in [5.74, 6) is -4.11. The minimum absolute atomic E-state index is 0.0955. The quantitative estimate of drug-likeness (QED) is 0.670. The number of carbonyl (C=O) groups excluding carboxylic acids is 2. The van der Waals surface area contributed by atoms with Gasteiger partial charge in [0.05, 0.1) is 13.7 Å². The van der Waals surface area contributed by atoms with Gasteiger partial charge in [0.2, 0.25) is 0 Å². The van der Waals surface area contributed by atoms with Crippen molar-refractivity contribution in [3.05, 3.63) is 34.3 Å². The van der Waals surface area contributed by atoms with Gasteiger partial charge >= 0.3 is 12.1 Å². The van der Waals surface area contributed by atoms with Gasteiger partial charge in [0.1, 0.15) is 5.60 Å². The molecule has 8 heteroatoms. The summed E-state index contributed by atoms with van der Waals surface area (Å²) in [6, 6.07) is 6.90. The van der Waals surface area contributed by atoms with E-state index in [4.69, 9.17) is 9.47 Å². The highest BCUT2D eigenvalue weighted by Crippen LogP contribution is 2.43. The maximum atomic E-state index is 14.3. The molecule has 1 aliphatic rings. The van der Waals surface area contributed by atoms with E-state index in [2.05, 4.69) is 15.9 Å². The van der Waals surface area contributed by atoms with Crippen LogP contribution in [-0.2, 0) is 20.7 Å². The Morgan fingerprint density at radius 2 is 1.81 bits per heavy atom. The molecule has 5 nitrogen and oxygen atoms in total. The van der Waals surface area contributed by atoms with Gasteiger partial charge in [0.25, 0.3) is 5.92 Å². The second-order valence-electron chi connectivity index (χ2n) is 7.43. The first-order valence-electron chi connectivity index (χ1n) is 8.10. The van der Waals surface area contributed by atoms with E-state index in [0.29, 0.717) is 5.56 Å². The number of carbonyl (C=O) groups is 2. The lowest BCUT2D eigenvalue weighted by Crippen LogP contribution is -2.56. The van der Waals surface area contributed by atoms with Crippen LogP contribution in [0.25, 0.3) is 0 Å². The minimum atomic E-state index is -3.22. The van der Waals surface area contributed by atoms with E-state index >= 15 is 0 Å². The number of hydrogen-bond donors (Lipinski definition) is 0. The molecule has 1 aromatic rings. The number of amides is 1. The van der Waals surface area contributed by atoms with Crippen molar-refractivity contribution < 1.29 is 27.8 Å². The average Bonchev–Trinajstić information content (AvgIpc) is 2.79. The Hall–Kier alpha value is -1.70. The molecule has 1 unspecified atom stereocenters. The maximum absolute atomic E-state index is 14.3. The summed E-state index contributed by atoms with van der Waals surface area (Å²) in [7, 11) is 1.12. The van der Waals surface area contributed by atoms with Crippen molar-refractivity contribution in [2.45, 2.75) is 50.7 Å². The van der Waals surface area contributed by atoms with Crippen LogP contribution in [0.5, 0.6) is 0 Å². The van der Waals surface area contributed by atoms with E-state index in [0.717, 1.165) is 16.5 Å². The van der Waals surface area contributed by atoms with Gasteiger partial charge < -0.3 is 9.47 Å². The lowest BCUT2D eigenvalue weighted by Gasteiger charge is -2.36. The molecule has 0 saturated carbocycles. The fourth-order valence-corrected chi connectivity index (χ4v) is 3.32. The van der Waals surface area contributed by atoms with Crippen LogP contribution in [0.1, 0.15) is 32.8 Å². The largest absolute Gasteiger partial charge is 0.467 e. The average molecular weight is 434 g/mol. The molecule has 1 fully saturated rings. The minimum Gasteiger partial charge on any atom is -0.467 e. The Morgan fingerprint density at radius 1 is 1.23 bits per heavy atom. The first-order valence-corrected chi connectivity index (χ1v) is 8.89. The molecular weight excluding hydrogens is 412 g/mol. The van der Waals surface area contributed by atoms with Crippen LogP contribution < -0.4 is 0 Å². The molecule has 1 amide bonds. The van der Waals surface area contributed by atoms with Crippen LogP contribution in [0.15, 0.2) is 28.7 Å². The summed E-state index contributed by atoms with van der Waals surface area (Å²) in [4.78, 5) is 26.0. The third-order valence-electron chi connectivity index (χ3n) is 4.05. The number of alkyl halides is 2. The van der Waals surface area contributed by atoms with E-state index in [1.165, 1.54) is 0 Å². The molecule has 1 aliphatic heterocycles. The molecule has 0 aliphatic carbocycles. The van der Waals surface area contributed by atoms with Gasteiger partial charge in [-0.15, -0.1) is 0 Å². The molecule has 2 rings (SSSR count). The summed E-state index contributed by atoms with van der Waals surface area (Å²) < 4.78 is 39.4. The van der Waals surface area contributed by atoms with Crippen LogP contribution in [-0.4, -0.2) is 47.7 Å². The summed E-state index contributed by atoms with van der Waals surface area (Å²) in [6.45, 7) is 4.00. The van der Waals surface area contributed by atoms with Gasteiger partial charge in [-0.3, -0.25) is 4.90 Å². The van der Waals surface area contributed by atoms with Crippen LogP contribution >= 0.6 is 15.9 Å². The smallest absolute Gasteiger partial charge is 0.411 e. The van der Waals surface area contributed by atoms with Crippen molar-refractivity contribution in [2.75, 3.05) is 13.7 Å². The van der Waals surface area contributed by atoms with Gasteiger partial charge in [0, 0.05) is 17.3 Å². The van der Waals surface area contributed by atoms with Crippen molar-refractivity contribution in [1.29, 1.82) is 0 Å². The number of benzene rings is 1. The molecule has 0 aromatic heterocycles. The first kappa shape index (κ1) is 20.6. The van der Waals surface area contributed by atoms with E-state index in [-0.39, 0.29) is 6.42 Å². The van der Waals surface area contributed by atoms with Crippen molar-refractivity contribution in [2.24, 2.45) is 0 Å². The van der Waals surface area contributed by atoms with Crippen LogP contribution in [0.4, 0.5) is 13.6 Å². The molecule has 1 saturated heterocycles. The third-order valence-corrected chi connectivity index (χ3v) is 4.57. The predicted molar refractivity (Wildman–Crippen MR) is 95.1 cm³/mol. The number of ether oxygens (including phenoxy) is 2. The molecule has 0 N–H and O–H groups in total. The standard InChI is InChI=1S/C18H22BrF2NO4/c1-16(2,3)26-15(24)22-11-18(20,21)10-17(22,14(23)25-4)9-12-5-7-13(19)8-6-12/h5-8H,9-11H2,1-4H3. The lowest BCUT2D eigenvalue weighted by atomic mass is 9.87. The number of esters is 1. The Morgan fingerprint density at radius 3 is 2.31 bits per heavy atom. The number of rotatable bonds is 3. The van der Waals surface area contributed by atoms with E-state index < -0.39 is 42.1 Å². The summed E-state index contributed by atoms with van der Waals surface area (Å²) in [5, 5.41) is 0. The van der Waals surface area contributed by atoms with Crippen LogP contribution in [0.2, 0.25) is 0 Å². The zero-order chi connectivity index (χ0) is 19.8. The first-order chi connectivity index (χ1) is 11.9. The zero-order valence-corrected chi connectivity index (χ0v) is 16.7. The summed E-state index contributed by atoms with van der Waals surface area (Å²) in [5.41, 5.74) is -2.08. The highest BCUT2D eigenvalue weighted by atomic mass is 79.9. The molecular formula is C18H22BrF2NO4. The second-order valence-corrected chi connectivity index (χ2v) is 8.34. The summed E-state index contributed by atoms with van der Waals surface area (Å²) in [6.07, 6.45) is -1.87. The number of halogens is 3. The van der Waals surface area contributed by atoms with Crippen molar-refractivity contribution in [3.63, 3.8) is 0 Å². The molecule has 0 spiro atoms. The molecule has 1 atom stereocenters. The van der Waals surface area contributed by atoms with Gasteiger partial charge in [0.15, 0.2) is 5.54 Å². The Labute approximate surface area is 159 Å². The summed E-state index contributed by atoms with van der Waals surface area (Å²) >= 11 is 3.30. The van der Waals surface area contributed by atoms with E-state index in [1.807, 2.05) is 0 Å². The Bertz CT molecular complexity index is 687. The monoisotopic (exact) mass is 433 g/mol. The van der Waals surface area contributed by atoms with Crippen molar-refractivity contribution in [1.82, 2.24) is 4.90 Å². The second kappa shape index (κ2) is 7.13. The molecule has 1 aromatic carbocycles. The van der Waals surface area contributed by atoms with E-state index in [1.54, 1.807) is 45.0 Å². The zero-order valence-electron chi connectivity index (χ0n) is 15.1. The molecule has 144 valence electrons. The third kappa shape index (κ3) is 4.52.